The van der Waals surface area contributed by atoms with E-state index in [9.17, 15) is 9.59 Å². The summed E-state index contributed by atoms with van der Waals surface area (Å²) in [5.74, 6) is 0.191. The number of esters is 1. The number of carbonyl (C=O) groups excluding carboxylic acids is 2. The summed E-state index contributed by atoms with van der Waals surface area (Å²) in [7, 11) is 0. The molecule has 0 aromatic heterocycles. The molecule has 1 rings (SSSR count). The number of amides is 1. The molecule has 0 saturated heterocycles. The first-order valence-electron chi connectivity index (χ1n) is 6.99. The van der Waals surface area contributed by atoms with Gasteiger partial charge >= 0.3 is 5.97 Å². The van der Waals surface area contributed by atoms with Crippen molar-refractivity contribution in [2.75, 3.05) is 13.3 Å². The standard InChI is InChI=1S/C14H26N2O3.ClH/c1-14(2,3)13(18)16-9-19-12(17)11-6-4-10(8-15)5-7-11;/h10-11H,4-9,15H2,1-3H3,(H,16,18);1H. The zero-order valence-corrected chi connectivity index (χ0v) is 13.4. The number of nitrogens with two attached hydrogens (primary N) is 1. The number of halogens is 1. The van der Waals surface area contributed by atoms with Gasteiger partial charge in [-0.2, -0.15) is 0 Å². The van der Waals surface area contributed by atoms with Crippen molar-refractivity contribution >= 4 is 24.3 Å². The third-order valence-corrected chi connectivity index (χ3v) is 3.64. The van der Waals surface area contributed by atoms with Crippen LogP contribution in [0.5, 0.6) is 0 Å². The molecule has 0 radical (unpaired) electrons. The maximum absolute atomic E-state index is 11.8. The molecule has 0 spiro atoms. The van der Waals surface area contributed by atoms with Crippen molar-refractivity contribution in [1.29, 1.82) is 0 Å². The van der Waals surface area contributed by atoms with Crippen LogP contribution in [0.25, 0.3) is 0 Å². The second-order valence-electron chi connectivity index (χ2n) is 6.32. The molecular formula is C14H27ClN2O3. The Morgan fingerprint density at radius 2 is 1.75 bits per heavy atom. The number of carbonyl (C=O) groups is 2. The fourth-order valence-electron chi connectivity index (χ4n) is 2.19. The van der Waals surface area contributed by atoms with Crippen LogP contribution in [-0.2, 0) is 14.3 Å². The smallest absolute Gasteiger partial charge is 0.310 e. The van der Waals surface area contributed by atoms with Crippen LogP contribution in [0.1, 0.15) is 46.5 Å². The van der Waals surface area contributed by atoms with Gasteiger partial charge in [-0.1, -0.05) is 20.8 Å². The minimum Gasteiger partial charge on any atom is -0.444 e. The van der Waals surface area contributed by atoms with Crippen molar-refractivity contribution in [2.24, 2.45) is 23.0 Å². The fraction of sp³-hybridized carbons (Fsp3) is 0.857. The number of hydrogen-bond acceptors (Lipinski definition) is 4. The monoisotopic (exact) mass is 306 g/mol. The summed E-state index contributed by atoms with van der Waals surface area (Å²) in [6.45, 7) is 6.11. The predicted molar refractivity (Wildman–Crippen MR) is 80.3 cm³/mol. The van der Waals surface area contributed by atoms with Crippen LogP contribution < -0.4 is 11.1 Å². The third kappa shape index (κ3) is 6.09. The van der Waals surface area contributed by atoms with Gasteiger partial charge in [-0.15, -0.1) is 12.4 Å². The lowest BCUT2D eigenvalue weighted by molar-refractivity contribution is -0.152. The molecule has 1 aliphatic rings. The van der Waals surface area contributed by atoms with E-state index in [0.717, 1.165) is 25.7 Å². The van der Waals surface area contributed by atoms with Crippen molar-refractivity contribution in [3.63, 3.8) is 0 Å². The molecule has 0 aliphatic heterocycles. The lowest BCUT2D eigenvalue weighted by Crippen LogP contribution is -2.37. The maximum atomic E-state index is 11.8. The fourth-order valence-corrected chi connectivity index (χ4v) is 2.19. The van der Waals surface area contributed by atoms with Crippen LogP contribution in [0.2, 0.25) is 0 Å². The summed E-state index contributed by atoms with van der Waals surface area (Å²) >= 11 is 0. The summed E-state index contributed by atoms with van der Waals surface area (Å²) in [6, 6.07) is 0. The van der Waals surface area contributed by atoms with Crippen LogP contribution in [0, 0.1) is 17.3 Å². The van der Waals surface area contributed by atoms with Crippen LogP contribution >= 0.6 is 12.4 Å². The van der Waals surface area contributed by atoms with E-state index in [0.29, 0.717) is 12.5 Å². The summed E-state index contributed by atoms with van der Waals surface area (Å²) in [4.78, 5) is 23.4. The molecule has 0 aromatic rings. The molecule has 1 amide bonds. The van der Waals surface area contributed by atoms with Crippen molar-refractivity contribution < 1.29 is 14.3 Å². The highest BCUT2D eigenvalue weighted by atomic mass is 35.5. The zero-order chi connectivity index (χ0) is 14.5. The van der Waals surface area contributed by atoms with Crippen LogP contribution in [0.15, 0.2) is 0 Å². The van der Waals surface area contributed by atoms with E-state index in [-0.39, 0.29) is 36.9 Å². The summed E-state index contributed by atoms with van der Waals surface area (Å²) in [5.41, 5.74) is 5.15. The Labute approximate surface area is 127 Å². The van der Waals surface area contributed by atoms with Gasteiger partial charge in [0.2, 0.25) is 5.91 Å². The third-order valence-electron chi connectivity index (χ3n) is 3.64. The maximum Gasteiger partial charge on any atom is 0.310 e. The van der Waals surface area contributed by atoms with Gasteiger partial charge in [0.1, 0.15) is 0 Å². The molecule has 0 atom stereocenters. The Balaban J connectivity index is 0.00000361. The summed E-state index contributed by atoms with van der Waals surface area (Å²) in [5, 5.41) is 2.61. The van der Waals surface area contributed by atoms with Crippen molar-refractivity contribution in [3.8, 4) is 0 Å². The lowest BCUT2D eigenvalue weighted by Gasteiger charge is -2.26. The van der Waals surface area contributed by atoms with E-state index in [1.165, 1.54) is 0 Å². The number of nitrogens with one attached hydrogen (secondary N) is 1. The molecular weight excluding hydrogens is 280 g/mol. The predicted octanol–water partition coefficient (Wildman–Crippen LogP) is 1.84. The molecule has 20 heavy (non-hydrogen) atoms. The van der Waals surface area contributed by atoms with Gasteiger partial charge < -0.3 is 15.8 Å². The Kier molecular flexibility index (Phi) is 8.13. The van der Waals surface area contributed by atoms with Gasteiger partial charge in [0, 0.05) is 5.41 Å². The van der Waals surface area contributed by atoms with E-state index in [1.807, 2.05) is 20.8 Å². The summed E-state index contributed by atoms with van der Waals surface area (Å²) in [6.07, 6.45) is 3.66. The molecule has 3 N–H and O–H groups in total. The second-order valence-corrected chi connectivity index (χ2v) is 6.32. The van der Waals surface area contributed by atoms with Crippen molar-refractivity contribution in [2.45, 2.75) is 46.5 Å². The van der Waals surface area contributed by atoms with Gasteiger partial charge in [-0.25, -0.2) is 0 Å². The number of ether oxygens (including phenoxy) is 1. The van der Waals surface area contributed by atoms with Crippen LogP contribution in [0.4, 0.5) is 0 Å². The molecule has 0 unspecified atom stereocenters. The van der Waals surface area contributed by atoms with E-state index < -0.39 is 5.41 Å². The molecule has 0 aromatic carbocycles. The topological polar surface area (TPSA) is 81.4 Å². The molecule has 118 valence electrons. The van der Waals surface area contributed by atoms with E-state index >= 15 is 0 Å². The quantitative estimate of drug-likeness (QED) is 0.613. The first-order chi connectivity index (χ1) is 8.84. The van der Waals surface area contributed by atoms with Gasteiger partial charge in [0.05, 0.1) is 5.92 Å². The van der Waals surface area contributed by atoms with Crippen LogP contribution in [-0.4, -0.2) is 25.2 Å². The SMILES string of the molecule is CC(C)(C)C(=O)NCOC(=O)C1CCC(CN)CC1.Cl. The van der Waals surface area contributed by atoms with E-state index in [2.05, 4.69) is 5.32 Å². The average molecular weight is 307 g/mol. The minimum absolute atomic E-state index is 0. The van der Waals surface area contributed by atoms with Gasteiger partial charge in [-0.3, -0.25) is 9.59 Å². The Morgan fingerprint density at radius 3 is 2.20 bits per heavy atom. The Bertz CT molecular complexity index is 321. The molecule has 0 heterocycles. The summed E-state index contributed by atoms with van der Waals surface area (Å²) < 4.78 is 5.11. The van der Waals surface area contributed by atoms with Gasteiger partial charge in [0.15, 0.2) is 6.73 Å². The minimum atomic E-state index is -0.467. The Hall–Kier alpha value is -0.810. The Morgan fingerprint density at radius 1 is 1.20 bits per heavy atom. The zero-order valence-electron chi connectivity index (χ0n) is 12.6. The molecule has 5 nitrogen and oxygen atoms in total. The normalized spacial score (nSPS) is 22.6. The number of rotatable bonds is 4. The van der Waals surface area contributed by atoms with Crippen molar-refractivity contribution in [3.05, 3.63) is 0 Å². The number of hydrogen-bond donors (Lipinski definition) is 2. The molecule has 1 aliphatic carbocycles. The molecule has 1 saturated carbocycles. The van der Waals surface area contributed by atoms with Crippen LogP contribution in [0.3, 0.4) is 0 Å². The van der Waals surface area contributed by atoms with Gasteiger partial charge in [0.25, 0.3) is 0 Å². The largest absolute Gasteiger partial charge is 0.444 e. The first-order valence-corrected chi connectivity index (χ1v) is 6.99. The average Bonchev–Trinajstić information content (AvgIpc) is 2.37. The van der Waals surface area contributed by atoms with E-state index in [1.54, 1.807) is 0 Å². The second kappa shape index (κ2) is 8.47. The molecule has 0 bridgehead atoms. The van der Waals surface area contributed by atoms with Crippen molar-refractivity contribution in [1.82, 2.24) is 5.32 Å². The molecule has 6 heteroatoms. The lowest BCUT2D eigenvalue weighted by atomic mass is 9.82. The van der Waals surface area contributed by atoms with Gasteiger partial charge in [-0.05, 0) is 38.1 Å². The first kappa shape index (κ1) is 19.2. The highest BCUT2D eigenvalue weighted by Gasteiger charge is 2.27. The highest BCUT2D eigenvalue weighted by molar-refractivity contribution is 5.85. The molecule has 1 fully saturated rings. The van der Waals surface area contributed by atoms with E-state index in [4.69, 9.17) is 10.5 Å². The highest BCUT2D eigenvalue weighted by Crippen LogP contribution is 2.28.